The van der Waals surface area contributed by atoms with E-state index in [4.69, 9.17) is 5.37 Å². The summed E-state index contributed by atoms with van der Waals surface area (Å²) in [6.45, 7) is 5.65. The van der Waals surface area contributed by atoms with E-state index in [1.54, 1.807) is 0 Å². The molecule has 0 aromatic heterocycles. The van der Waals surface area contributed by atoms with Crippen molar-refractivity contribution in [1.82, 2.24) is 0 Å². The molecule has 0 aliphatic rings. The van der Waals surface area contributed by atoms with Crippen LogP contribution in [0.25, 0.3) is 0 Å². The van der Waals surface area contributed by atoms with Gasteiger partial charge in [-0.1, -0.05) is 0 Å². The molecule has 0 saturated heterocycles. The van der Waals surface area contributed by atoms with Crippen molar-refractivity contribution in [3.8, 4) is 0 Å². The predicted molar refractivity (Wildman–Crippen MR) is 29.0 cm³/mol. The van der Waals surface area contributed by atoms with Crippen LogP contribution in [-0.2, 0) is 5.37 Å². The van der Waals surface area contributed by atoms with Gasteiger partial charge in [-0.2, -0.15) is 0 Å². The molecule has 0 aliphatic carbocycles. The zero-order valence-corrected chi connectivity index (χ0v) is 9.30. The van der Waals surface area contributed by atoms with Crippen molar-refractivity contribution in [1.29, 1.82) is 0 Å². The van der Waals surface area contributed by atoms with E-state index in [0.29, 0.717) is 0 Å². The Morgan fingerprint density at radius 2 is 1.57 bits per heavy atom. The molecule has 0 heterocycles. The molecule has 0 bridgehead atoms. The van der Waals surface area contributed by atoms with Gasteiger partial charge in [0.1, 0.15) is 0 Å². The molecule has 0 spiro atoms. The molecule has 0 amide bonds. The third-order valence-electron chi connectivity index (χ3n) is 0.469. The first-order chi connectivity index (χ1) is 3.41. The van der Waals surface area contributed by atoms with Crippen molar-refractivity contribution in [2.75, 3.05) is 13.2 Å². The monoisotopic (exact) mass is 295 g/mol. The molecule has 2 nitrogen and oxygen atoms in total. The Kier molecular flexibility index (Phi) is 7.67. The summed E-state index contributed by atoms with van der Waals surface area (Å²) in [4.78, 5) is 0. The summed E-state index contributed by atoms with van der Waals surface area (Å²) in [6, 6.07) is 0. The molecule has 41 valence electrons. The molecule has 0 aliphatic heterocycles. The van der Waals surface area contributed by atoms with Crippen LogP contribution in [0.1, 0.15) is 13.8 Å². The summed E-state index contributed by atoms with van der Waals surface area (Å²) < 4.78 is 10.1. The van der Waals surface area contributed by atoms with Gasteiger partial charge in [0.15, 0.2) is 0 Å². The van der Waals surface area contributed by atoms with Crippen molar-refractivity contribution in [3.05, 3.63) is 0 Å². The van der Waals surface area contributed by atoms with Gasteiger partial charge in [0.2, 0.25) is 0 Å². The minimum absolute atomic E-state index is 0.829. The van der Waals surface area contributed by atoms with Crippen LogP contribution in [0.3, 0.4) is 0 Å². The summed E-state index contributed by atoms with van der Waals surface area (Å²) in [5, 5.41) is 0. The number of hydrogen-bond donors (Lipinski definition) is 0. The SMILES string of the molecule is CC[O][Tl][O]CC. The van der Waals surface area contributed by atoms with Gasteiger partial charge in [0, 0.05) is 0 Å². The van der Waals surface area contributed by atoms with Gasteiger partial charge in [0.05, 0.1) is 0 Å². The van der Waals surface area contributed by atoms with E-state index in [9.17, 15) is 0 Å². The van der Waals surface area contributed by atoms with Crippen molar-refractivity contribution in [2.45, 2.75) is 13.8 Å². The summed E-state index contributed by atoms with van der Waals surface area (Å²) >= 11 is -1.10. The van der Waals surface area contributed by atoms with Crippen LogP contribution in [0, 0.1) is 0 Å². The second-order valence-electron chi connectivity index (χ2n) is 1.01. The van der Waals surface area contributed by atoms with Crippen molar-refractivity contribution < 1.29 is 5.37 Å². The summed E-state index contributed by atoms with van der Waals surface area (Å²) in [5.41, 5.74) is 0. The Labute approximate surface area is 57.7 Å². The molecule has 0 radical (unpaired) electrons. The maximum absolute atomic E-state index is 5.06. The van der Waals surface area contributed by atoms with Crippen LogP contribution in [0.5, 0.6) is 0 Å². The summed E-state index contributed by atoms with van der Waals surface area (Å²) in [5.74, 6) is 0. The van der Waals surface area contributed by atoms with Crippen molar-refractivity contribution >= 4 is 25.1 Å². The molecule has 0 aromatic carbocycles. The van der Waals surface area contributed by atoms with E-state index >= 15 is 0 Å². The second kappa shape index (κ2) is 6.84. The molecule has 0 rings (SSSR count). The fourth-order valence-electron chi connectivity index (χ4n) is 0.184. The number of rotatable bonds is 4. The fourth-order valence-corrected chi connectivity index (χ4v) is 1.62. The van der Waals surface area contributed by atoms with Gasteiger partial charge in [-0.3, -0.25) is 0 Å². The Balaban J connectivity index is 2.45. The second-order valence-corrected chi connectivity index (χ2v) is 4.35. The van der Waals surface area contributed by atoms with Crippen LogP contribution >= 0.6 is 0 Å². The zero-order valence-electron chi connectivity index (χ0n) is 4.81. The van der Waals surface area contributed by atoms with Crippen LogP contribution in [0.15, 0.2) is 0 Å². The Morgan fingerprint density at radius 3 is 1.86 bits per heavy atom. The van der Waals surface area contributed by atoms with Crippen LogP contribution < -0.4 is 0 Å². The molecule has 0 aromatic rings. The Morgan fingerprint density at radius 1 is 1.14 bits per heavy atom. The van der Waals surface area contributed by atoms with Gasteiger partial charge in [0.25, 0.3) is 0 Å². The third kappa shape index (κ3) is 6.84. The van der Waals surface area contributed by atoms with Gasteiger partial charge >= 0.3 is 57.6 Å². The number of hydrogen-bond acceptors (Lipinski definition) is 2. The third-order valence-corrected chi connectivity index (χ3v) is 4.12. The topological polar surface area (TPSA) is 18.5 Å². The van der Waals surface area contributed by atoms with Gasteiger partial charge in [-0.15, -0.1) is 0 Å². The van der Waals surface area contributed by atoms with E-state index in [1.165, 1.54) is 0 Å². The molecule has 0 unspecified atom stereocenters. The molecule has 0 fully saturated rings. The summed E-state index contributed by atoms with van der Waals surface area (Å²) in [6.07, 6.45) is 0. The molecule has 3 heteroatoms. The summed E-state index contributed by atoms with van der Waals surface area (Å²) in [7, 11) is 0. The van der Waals surface area contributed by atoms with Gasteiger partial charge in [-0.25, -0.2) is 0 Å². The van der Waals surface area contributed by atoms with Gasteiger partial charge in [-0.05, 0) is 0 Å². The van der Waals surface area contributed by atoms with Gasteiger partial charge < -0.3 is 0 Å². The fraction of sp³-hybridized carbons (Fsp3) is 1.00. The minimum atomic E-state index is -1.10. The normalized spacial score (nSPS) is 8.29. The van der Waals surface area contributed by atoms with Crippen LogP contribution in [0.2, 0.25) is 0 Å². The molecule has 0 saturated carbocycles. The molecule has 0 atom stereocenters. The van der Waals surface area contributed by atoms with E-state index < -0.39 is 25.1 Å². The van der Waals surface area contributed by atoms with Crippen molar-refractivity contribution in [3.63, 3.8) is 0 Å². The predicted octanol–water partition coefficient (Wildman–Crippen LogP) is 0.594. The average molecular weight is 295 g/mol. The Bertz CT molecular complexity index is 28.9. The molecular weight excluding hydrogens is 284 g/mol. The van der Waals surface area contributed by atoms with E-state index in [1.807, 2.05) is 13.8 Å². The standard InChI is InChI=1S/2C2H5O.Tl/c2*1-2-3;/h2*2H2,1H3;/q2*-1;+2. The maximum atomic E-state index is 5.06. The van der Waals surface area contributed by atoms with Crippen LogP contribution in [-0.4, -0.2) is 38.4 Å². The molecule has 7 heavy (non-hydrogen) atoms. The van der Waals surface area contributed by atoms with E-state index in [-0.39, 0.29) is 0 Å². The average Bonchev–Trinajstić information content (AvgIpc) is 1.69. The Hall–Kier alpha value is 0.842. The van der Waals surface area contributed by atoms with E-state index in [2.05, 4.69) is 0 Å². The molecule has 0 N–H and O–H groups in total. The first-order valence-corrected chi connectivity index (χ1v) is 6.13. The zero-order chi connectivity index (χ0) is 5.54. The van der Waals surface area contributed by atoms with E-state index in [0.717, 1.165) is 13.2 Å². The molecular formula is C4H10O2Tl. The van der Waals surface area contributed by atoms with Crippen LogP contribution in [0.4, 0.5) is 0 Å². The first kappa shape index (κ1) is 7.84. The van der Waals surface area contributed by atoms with Crippen molar-refractivity contribution in [2.24, 2.45) is 0 Å². The first-order valence-electron chi connectivity index (χ1n) is 2.46. The quantitative estimate of drug-likeness (QED) is 0.558.